The Bertz CT molecular complexity index is 499. The molecule has 0 radical (unpaired) electrons. The number of aliphatic hydroxyl groups is 1. The number of hydrogen-bond donors (Lipinski definition) is 1. The van der Waals surface area contributed by atoms with Gasteiger partial charge < -0.3 is 14.7 Å². The third kappa shape index (κ3) is 5.25. The molecule has 0 bridgehead atoms. The number of likely N-dealkylation sites (tertiary alicyclic amines) is 1. The van der Waals surface area contributed by atoms with Crippen LogP contribution in [0.2, 0.25) is 10.0 Å². The zero-order valence-electron chi connectivity index (χ0n) is 14.2. The molecular formula is C18H27Cl2NO2. The Kier molecular flexibility index (Phi) is 7.02. The summed E-state index contributed by atoms with van der Waals surface area (Å²) in [6, 6.07) is 3.83. The van der Waals surface area contributed by atoms with Crippen LogP contribution in [-0.4, -0.2) is 41.8 Å². The quantitative estimate of drug-likeness (QED) is 0.815. The average Bonchev–Trinajstić information content (AvgIpc) is 2.46. The van der Waals surface area contributed by atoms with Crippen LogP contribution in [0.4, 0.5) is 0 Å². The fraction of sp³-hybridized carbons (Fsp3) is 0.667. The van der Waals surface area contributed by atoms with E-state index in [-0.39, 0.29) is 18.1 Å². The van der Waals surface area contributed by atoms with E-state index >= 15 is 0 Å². The van der Waals surface area contributed by atoms with Gasteiger partial charge in [0, 0.05) is 19.0 Å². The van der Waals surface area contributed by atoms with Crippen LogP contribution in [0.1, 0.15) is 39.2 Å². The first kappa shape index (κ1) is 18.9. The summed E-state index contributed by atoms with van der Waals surface area (Å²) >= 11 is 12.7. The molecule has 1 heterocycles. The van der Waals surface area contributed by atoms with Crippen molar-refractivity contribution in [3.05, 3.63) is 27.7 Å². The first-order valence-electron chi connectivity index (χ1n) is 8.45. The van der Waals surface area contributed by atoms with Crippen LogP contribution in [0.5, 0.6) is 5.75 Å². The number of piperidine rings is 1. The summed E-state index contributed by atoms with van der Waals surface area (Å²) < 4.78 is 5.67. The van der Waals surface area contributed by atoms with Gasteiger partial charge in [0.25, 0.3) is 0 Å². The number of rotatable bonds is 6. The lowest BCUT2D eigenvalue weighted by molar-refractivity contribution is 0.0270. The molecule has 5 heteroatoms. The Morgan fingerprint density at radius 1 is 1.30 bits per heavy atom. The van der Waals surface area contributed by atoms with E-state index in [9.17, 15) is 5.11 Å². The van der Waals surface area contributed by atoms with Crippen LogP contribution in [-0.2, 0) is 6.42 Å². The lowest BCUT2D eigenvalue weighted by atomic mass is 9.88. The van der Waals surface area contributed by atoms with Gasteiger partial charge in [0.1, 0.15) is 0 Å². The summed E-state index contributed by atoms with van der Waals surface area (Å²) in [6.07, 6.45) is 2.52. The van der Waals surface area contributed by atoms with Crippen LogP contribution < -0.4 is 4.74 Å². The van der Waals surface area contributed by atoms with Crippen LogP contribution in [0.15, 0.2) is 12.1 Å². The predicted molar refractivity (Wildman–Crippen MR) is 96.8 cm³/mol. The normalized spacial score (nSPS) is 22.6. The van der Waals surface area contributed by atoms with Crippen molar-refractivity contribution in [3.8, 4) is 5.75 Å². The fourth-order valence-electron chi connectivity index (χ4n) is 3.20. The van der Waals surface area contributed by atoms with Gasteiger partial charge in [-0.15, -0.1) is 0 Å². The van der Waals surface area contributed by atoms with Gasteiger partial charge in [-0.05, 0) is 57.4 Å². The largest absolute Gasteiger partial charge is 0.488 e. The van der Waals surface area contributed by atoms with Gasteiger partial charge in [-0.25, -0.2) is 0 Å². The number of hydrogen-bond acceptors (Lipinski definition) is 3. The molecule has 2 rings (SSSR count). The summed E-state index contributed by atoms with van der Waals surface area (Å²) in [5, 5.41) is 11.4. The van der Waals surface area contributed by atoms with Crippen molar-refractivity contribution in [1.82, 2.24) is 4.90 Å². The molecule has 0 aromatic heterocycles. The van der Waals surface area contributed by atoms with E-state index in [4.69, 9.17) is 27.9 Å². The van der Waals surface area contributed by atoms with Crippen molar-refractivity contribution in [2.45, 2.75) is 52.2 Å². The van der Waals surface area contributed by atoms with E-state index in [1.807, 2.05) is 26.0 Å². The molecule has 1 N–H and O–H groups in total. The second-order valence-electron chi connectivity index (χ2n) is 6.68. The number of nitrogens with zero attached hydrogens (tertiary/aromatic N) is 1. The minimum absolute atomic E-state index is 0.0265. The lowest BCUT2D eigenvalue weighted by Gasteiger charge is -2.36. The molecule has 130 valence electrons. The highest BCUT2D eigenvalue weighted by molar-refractivity contribution is 6.37. The van der Waals surface area contributed by atoms with Crippen molar-refractivity contribution in [3.63, 3.8) is 0 Å². The number of benzene rings is 1. The number of ether oxygens (including phenoxy) is 1. The molecule has 0 aliphatic carbocycles. The maximum atomic E-state index is 10.3. The first-order chi connectivity index (χ1) is 10.9. The van der Waals surface area contributed by atoms with E-state index < -0.39 is 0 Å². The minimum atomic E-state index is -0.257. The fourth-order valence-corrected chi connectivity index (χ4v) is 3.82. The Balaban J connectivity index is 2.09. The van der Waals surface area contributed by atoms with Gasteiger partial charge >= 0.3 is 0 Å². The summed E-state index contributed by atoms with van der Waals surface area (Å²) in [6.45, 7) is 9.07. The summed E-state index contributed by atoms with van der Waals surface area (Å²) in [7, 11) is 0. The first-order valence-corrected chi connectivity index (χ1v) is 9.21. The van der Waals surface area contributed by atoms with E-state index in [1.165, 1.54) is 0 Å². The van der Waals surface area contributed by atoms with Crippen molar-refractivity contribution in [2.75, 3.05) is 19.6 Å². The SMILES string of the molecule is CCCN1CCC(O)C(Cc2cc(Cl)c(OC(C)C)c(Cl)c2)C1. The highest BCUT2D eigenvalue weighted by Gasteiger charge is 2.27. The molecule has 23 heavy (non-hydrogen) atoms. The standard InChI is InChI=1S/C18H27Cl2NO2/c1-4-6-21-7-5-17(22)14(11-21)8-13-9-15(19)18(16(20)10-13)23-12(2)3/h9-10,12,14,17,22H,4-8,11H2,1-3H3. The highest BCUT2D eigenvalue weighted by Crippen LogP contribution is 2.36. The Morgan fingerprint density at radius 3 is 2.52 bits per heavy atom. The molecule has 1 aromatic rings. The van der Waals surface area contributed by atoms with Gasteiger partial charge in [0.2, 0.25) is 0 Å². The summed E-state index contributed by atoms with van der Waals surface area (Å²) in [5.41, 5.74) is 1.05. The van der Waals surface area contributed by atoms with Crippen molar-refractivity contribution in [1.29, 1.82) is 0 Å². The number of aliphatic hydroxyl groups excluding tert-OH is 1. The van der Waals surface area contributed by atoms with Crippen LogP contribution >= 0.6 is 23.2 Å². The molecule has 1 fully saturated rings. The lowest BCUT2D eigenvalue weighted by Crippen LogP contribution is -2.44. The summed E-state index contributed by atoms with van der Waals surface area (Å²) in [5.74, 6) is 0.767. The zero-order chi connectivity index (χ0) is 17.0. The van der Waals surface area contributed by atoms with E-state index in [0.29, 0.717) is 15.8 Å². The Hall–Kier alpha value is -0.480. The van der Waals surface area contributed by atoms with Crippen molar-refractivity contribution < 1.29 is 9.84 Å². The van der Waals surface area contributed by atoms with Crippen LogP contribution in [0.25, 0.3) is 0 Å². The van der Waals surface area contributed by atoms with Gasteiger partial charge in [0.15, 0.2) is 5.75 Å². The average molecular weight is 360 g/mol. The molecule has 1 aliphatic rings. The molecule has 2 unspecified atom stereocenters. The second kappa shape index (κ2) is 8.57. The smallest absolute Gasteiger partial charge is 0.156 e. The molecular weight excluding hydrogens is 333 g/mol. The third-order valence-electron chi connectivity index (χ3n) is 4.23. The molecule has 1 saturated heterocycles. The van der Waals surface area contributed by atoms with Gasteiger partial charge in [-0.3, -0.25) is 0 Å². The predicted octanol–water partition coefficient (Wildman–Crippen LogP) is 4.42. The molecule has 0 spiro atoms. The molecule has 0 amide bonds. The van der Waals surface area contributed by atoms with E-state index in [0.717, 1.165) is 44.5 Å². The second-order valence-corrected chi connectivity index (χ2v) is 7.49. The highest BCUT2D eigenvalue weighted by atomic mass is 35.5. The van der Waals surface area contributed by atoms with Crippen molar-refractivity contribution >= 4 is 23.2 Å². The van der Waals surface area contributed by atoms with E-state index in [1.54, 1.807) is 0 Å². The number of halogens is 2. The topological polar surface area (TPSA) is 32.7 Å². The maximum absolute atomic E-state index is 10.3. The van der Waals surface area contributed by atoms with Crippen LogP contribution in [0, 0.1) is 5.92 Å². The van der Waals surface area contributed by atoms with Crippen molar-refractivity contribution in [2.24, 2.45) is 5.92 Å². The molecule has 3 nitrogen and oxygen atoms in total. The zero-order valence-corrected chi connectivity index (χ0v) is 15.7. The van der Waals surface area contributed by atoms with E-state index in [2.05, 4.69) is 11.8 Å². The monoisotopic (exact) mass is 359 g/mol. The third-order valence-corrected chi connectivity index (χ3v) is 4.79. The molecule has 0 saturated carbocycles. The molecule has 1 aliphatic heterocycles. The summed E-state index contributed by atoms with van der Waals surface area (Å²) in [4.78, 5) is 2.43. The molecule has 1 aromatic carbocycles. The Labute approximate surface area is 149 Å². The van der Waals surface area contributed by atoms with Crippen LogP contribution in [0.3, 0.4) is 0 Å². The van der Waals surface area contributed by atoms with Gasteiger partial charge in [0.05, 0.1) is 22.3 Å². The van der Waals surface area contributed by atoms with Gasteiger partial charge in [-0.1, -0.05) is 30.1 Å². The molecule has 2 atom stereocenters. The minimum Gasteiger partial charge on any atom is -0.488 e. The van der Waals surface area contributed by atoms with Gasteiger partial charge in [-0.2, -0.15) is 0 Å². The Morgan fingerprint density at radius 2 is 1.96 bits per heavy atom. The maximum Gasteiger partial charge on any atom is 0.156 e.